The van der Waals surface area contributed by atoms with Crippen LogP contribution in [-0.2, 0) is 5.41 Å². The van der Waals surface area contributed by atoms with Gasteiger partial charge in [0.15, 0.2) is 17.5 Å². The van der Waals surface area contributed by atoms with Gasteiger partial charge < -0.3 is 4.57 Å². The largest absolute Gasteiger partial charge is 0.309 e. The average molecular weight is 1780 g/mol. The summed E-state index contributed by atoms with van der Waals surface area (Å²) in [5, 5.41) is 45.8. The van der Waals surface area contributed by atoms with E-state index in [0.29, 0.717) is 28.6 Å². The van der Waals surface area contributed by atoms with Crippen molar-refractivity contribution in [3.63, 3.8) is 0 Å². The van der Waals surface area contributed by atoms with Crippen molar-refractivity contribution < 1.29 is 0 Å². The first-order chi connectivity index (χ1) is 69.1. The Morgan fingerprint density at radius 1 is 0.221 bits per heavy atom. The van der Waals surface area contributed by atoms with Gasteiger partial charge in [-0.2, -0.15) is 10.5 Å². The zero-order valence-electron chi connectivity index (χ0n) is 75.9. The van der Waals surface area contributed by atoms with Crippen LogP contribution in [0, 0.1) is 22.7 Å². The molecule has 0 bridgehead atoms. The summed E-state index contributed by atoms with van der Waals surface area (Å²) in [4.78, 5) is 44.6. The van der Waals surface area contributed by atoms with Crippen molar-refractivity contribution in [2.45, 2.75) is 19.3 Å². The molecule has 0 amide bonds. The number of hydrogen-bond donors (Lipinski definition) is 0. The van der Waals surface area contributed by atoms with E-state index in [2.05, 4.69) is 355 Å². The van der Waals surface area contributed by atoms with E-state index in [4.69, 9.17) is 29.9 Å². The molecule has 19 aromatic carbocycles. The van der Waals surface area contributed by atoms with Crippen LogP contribution in [0.2, 0.25) is 0 Å². The molecule has 27 aromatic rings. The van der Waals surface area contributed by atoms with Crippen LogP contribution in [0.4, 0.5) is 0 Å². The summed E-state index contributed by atoms with van der Waals surface area (Å²) < 4.78 is 2.28. The van der Waals surface area contributed by atoms with Crippen LogP contribution in [0.3, 0.4) is 0 Å². The van der Waals surface area contributed by atoms with E-state index in [9.17, 15) is 10.5 Å². The molecule has 0 radical (unpaired) electrons. The number of nitriles is 2. The lowest BCUT2D eigenvalue weighted by Crippen LogP contribution is -2.15. The summed E-state index contributed by atoms with van der Waals surface area (Å²) in [6, 6.07) is 144. The van der Waals surface area contributed by atoms with E-state index in [1.54, 1.807) is 0 Å². The van der Waals surface area contributed by atoms with Crippen LogP contribution >= 0.6 is 0 Å². The molecule has 0 N–H and O–H groups in total. The highest BCUT2D eigenvalue weighted by Gasteiger charge is 2.36. The summed E-state index contributed by atoms with van der Waals surface area (Å²) in [5.74, 6) is 1.90. The molecular weight excluding hydrogens is 1710 g/mol. The van der Waals surface area contributed by atoms with Crippen molar-refractivity contribution in [1.29, 1.82) is 10.5 Å². The molecule has 0 atom stereocenters. The Labute approximate surface area is 804 Å². The van der Waals surface area contributed by atoms with Gasteiger partial charge in [-0.25, -0.2) is 29.9 Å². The molecule has 0 aliphatic heterocycles. The first-order valence-electron chi connectivity index (χ1n) is 46.9. The smallest absolute Gasteiger partial charge is 0.164 e. The fourth-order valence-corrected chi connectivity index (χ4v) is 21.6. The van der Waals surface area contributed by atoms with Crippen molar-refractivity contribution in [2.75, 3.05) is 0 Å². The summed E-state index contributed by atoms with van der Waals surface area (Å²) in [6.07, 6.45) is 11.5. The minimum atomic E-state index is -0.198. The summed E-state index contributed by atoms with van der Waals surface area (Å²) in [5.41, 5.74) is 25.5. The second-order valence-electron chi connectivity index (χ2n) is 36.4. The molecule has 0 spiro atoms. The van der Waals surface area contributed by atoms with Crippen LogP contribution < -0.4 is 0 Å². The highest BCUT2D eigenvalue weighted by Crippen LogP contribution is 2.52. The minimum absolute atomic E-state index is 0.198. The van der Waals surface area contributed by atoms with Crippen molar-refractivity contribution in [2.24, 2.45) is 0 Å². The van der Waals surface area contributed by atoms with Gasteiger partial charge in [0.2, 0.25) is 0 Å². The first-order valence-corrected chi connectivity index (χ1v) is 46.9. The Hall–Kier alpha value is -19.0. The summed E-state index contributed by atoms with van der Waals surface area (Å²) >= 11 is 0. The number of pyridine rings is 6. The SMILES string of the molecule is CC1(C)c2cc(C#N)ccc2-c2ccc(-c3cccc(-c4nc5c6ccccc6c6ccccc6c5c5ccncc45)c3)cc21.N#Cc1ccc2c(c1)c1cc(-c3cccc(-c4nc5c6ccccc6c6ccccc6c5c5ccncc45)c3)ccc1n2-c1ccccc1.c1ccc(-c2nc(-c3ccccc3)nc(-c3ccc(-c4nc5c6ccccc6c6ccccc6c5c5ccncc45)cc3)n2)cc1. The predicted octanol–water partition coefficient (Wildman–Crippen LogP) is 31.9. The molecule has 0 unspecified atom stereocenters. The number of para-hydroxylation sites is 1. The van der Waals surface area contributed by atoms with Crippen molar-refractivity contribution in [1.82, 2.24) is 49.4 Å². The number of aromatic nitrogens is 10. The molecule has 12 heteroatoms. The molecule has 0 saturated heterocycles. The molecule has 8 aromatic heterocycles. The van der Waals surface area contributed by atoms with Gasteiger partial charge in [-0.15, -0.1) is 0 Å². The zero-order chi connectivity index (χ0) is 93.2. The fourth-order valence-electron chi connectivity index (χ4n) is 21.6. The number of nitrogens with zero attached hydrogens (tertiary/aromatic N) is 12. The monoisotopic (exact) mass is 1780 g/mol. The molecule has 12 nitrogen and oxygen atoms in total. The van der Waals surface area contributed by atoms with Crippen LogP contribution in [0.1, 0.15) is 36.1 Å². The van der Waals surface area contributed by atoms with E-state index < -0.39 is 0 Å². The Morgan fingerprint density at radius 2 is 0.521 bits per heavy atom. The maximum atomic E-state index is 9.75. The van der Waals surface area contributed by atoms with E-state index in [1.165, 1.54) is 76.1 Å². The Bertz CT molecular complexity index is 9900. The molecule has 0 saturated carbocycles. The number of rotatable bonds is 9. The minimum Gasteiger partial charge on any atom is -0.309 e. The quantitative estimate of drug-likeness (QED) is 0.126. The van der Waals surface area contributed by atoms with Gasteiger partial charge in [0.05, 0.1) is 67.9 Å². The predicted molar refractivity (Wildman–Crippen MR) is 574 cm³/mol. The van der Waals surface area contributed by atoms with Crippen LogP contribution in [0.5, 0.6) is 0 Å². The highest BCUT2D eigenvalue weighted by molar-refractivity contribution is 6.34. The lowest BCUT2D eigenvalue weighted by atomic mass is 9.81. The molecule has 140 heavy (non-hydrogen) atoms. The van der Waals surface area contributed by atoms with Crippen molar-refractivity contribution in [3.8, 4) is 119 Å². The molecular formula is C128H78N12. The fraction of sp³-hybridized carbons (Fsp3) is 0.0234. The second kappa shape index (κ2) is 33.3. The maximum absolute atomic E-state index is 9.75. The molecule has 28 rings (SSSR count). The van der Waals surface area contributed by atoms with Crippen LogP contribution in [-0.4, -0.2) is 49.4 Å². The van der Waals surface area contributed by atoms with Gasteiger partial charge in [0.25, 0.3) is 0 Å². The molecule has 1 aliphatic rings. The highest BCUT2D eigenvalue weighted by atomic mass is 15.0. The van der Waals surface area contributed by atoms with Crippen LogP contribution in [0.15, 0.2) is 438 Å². The molecule has 1 aliphatic carbocycles. The second-order valence-corrected chi connectivity index (χ2v) is 36.4. The third kappa shape index (κ3) is 13.5. The maximum Gasteiger partial charge on any atom is 0.164 e. The third-order valence-electron chi connectivity index (χ3n) is 28.2. The molecule has 8 heterocycles. The summed E-state index contributed by atoms with van der Waals surface area (Å²) in [6.45, 7) is 4.51. The standard InChI is InChI=1S/C45H26N4.C42H27N3.C41H25N5/c46-26-28-17-19-41-38(23-28)39-25-30(18-20-42(39)49(41)32-11-2-1-3-12-32)29-9-8-10-31(24-29)44-40-27-47-22-21-36(40)43-35-15-6-4-13-33(35)34-14-5-7-16-37(34)45(43)48-44;1-42(2)37-20-25(23-43)14-16-31(37)32-17-15-27(22-38(32)42)26-8-7-9-28(21-26)40-36-24-44-19-18-34(36)39-33-12-5-3-10-29(33)30-11-4-6-13-35(30)41(39)45-40;1-3-11-27(12-4-1)39-44-40(28-13-5-2-6-14-28)46-41(45-39)29-21-19-26(20-22-29)37-35-25-42-24-23-33(35)36-32-17-9-7-15-30(32)31-16-8-10-18-34(31)38(36)43-37/h1-25,27H;3-22,24H,1-2H3;1-25H. The lowest BCUT2D eigenvalue weighted by molar-refractivity contribution is 0.660. The number of fused-ring (bicyclic) bond motifs is 30. The molecule has 0 fully saturated rings. The van der Waals surface area contributed by atoms with E-state index in [1.807, 2.05) is 128 Å². The number of benzene rings is 19. The van der Waals surface area contributed by atoms with Gasteiger partial charge in [-0.1, -0.05) is 323 Å². The Kier molecular flexibility index (Phi) is 19.4. The van der Waals surface area contributed by atoms with E-state index >= 15 is 0 Å². The van der Waals surface area contributed by atoms with Crippen molar-refractivity contribution >= 4 is 151 Å². The van der Waals surface area contributed by atoms with Gasteiger partial charge in [0.1, 0.15) is 0 Å². The number of hydrogen-bond acceptors (Lipinski definition) is 11. The third-order valence-corrected chi connectivity index (χ3v) is 28.2. The van der Waals surface area contributed by atoms with Gasteiger partial charge in [0, 0.05) is 141 Å². The topological polar surface area (TPSA) is 169 Å². The zero-order valence-corrected chi connectivity index (χ0v) is 75.9. The van der Waals surface area contributed by atoms with Crippen LogP contribution in [0.25, 0.3) is 258 Å². The summed E-state index contributed by atoms with van der Waals surface area (Å²) in [7, 11) is 0. The van der Waals surface area contributed by atoms with E-state index in [0.717, 1.165) is 176 Å². The molecule has 650 valence electrons. The lowest BCUT2D eigenvalue weighted by Gasteiger charge is -2.22. The average Bonchev–Trinajstić information content (AvgIpc) is 0.954. The Balaban J connectivity index is 0.000000108. The van der Waals surface area contributed by atoms with Gasteiger partial charge in [-0.3, -0.25) is 15.0 Å². The van der Waals surface area contributed by atoms with Crippen molar-refractivity contribution in [3.05, 3.63) is 460 Å². The Morgan fingerprint density at radius 3 is 0.964 bits per heavy atom. The normalized spacial score (nSPS) is 12.1. The van der Waals surface area contributed by atoms with Gasteiger partial charge in [-0.05, 0) is 200 Å². The first kappa shape index (κ1) is 81.7. The van der Waals surface area contributed by atoms with Gasteiger partial charge >= 0.3 is 0 Å². The van der Waals surface area contributed by atoms with E-state index in [-0.39, 0.29) is 5.41 Å².